The summed E-state index contributed by atoms with van der Waals surface area (Å²) >= 11 is 0. The van der Waals surface area contributed by atoms with Crippen LogP contribution >= 0.6 is 0 Å². The smallest absolute Gasteiger partial charge is 0.320 e. The van der Waals surface area contributed by atoms with Crippen molar-refractivity contribution < 1.29 is 28.1 Å². The molecule has 5 aliphatic rings. The predicted octanol–water partition coefficient (Wildman–Crippen LogP) is 4.46. The minimum absolute atomic E-state index is 0.0438. The number of phenols is 1. The molecule has 0 amide bonds. The van der Waals surface area contributed by atoms with E-state index in [4.69, 9.17) is 35.6 Å². The van der Waals surface area contributed by atoms with Gasteiger partial charge in [0.15, 0.2) is 11.5 Å². The largest absolute Gasteiger partial charge is 0.508 e. The molecule has 2 aromatic carbocycles. The van der Waals surface area contributed by atoms with Crippen molar-refractivity contribution >= 4 is 27.8 Å². The van der Waals surface area contributed by atoms with Crippen LogP contribution in [0.5, 0.6) is 23.5 Å². The summed E-state index contributed by atoms with van der Waals surface area (Å²) < 4.78 is 50.2. The van der Waals surface area contributed by atoms with Crippen molar-refractivity contribution in [1.82, 2.24) is 29.7 Å². The van der Waals surface area contributed by atoms with Gasteiger partial charge in [0, 0.05) is 55.6 Å². The van der Waals surface area contributed by atoms with Gasteiger partial charge in [0.2, 0.25) is 0 Å². The fraction of sp³-hybridized carbons (Fsp3) is 0.514. The second-order valence-electron chi connectivity index (χ2n) is 13.9. The van der Waals surface area contributed by atoms with Crippen LogP contribution in [0.4, 0.5) is 14.6 Å². The maximum Gasteiger partial charge on any atom is 0.320 e. The van der Waals surface area contributed by atoms with E-state index in [2.05, 4.69) is 21.0 Å². The molecule has 0 spiro atoms. The van der Waals surface area contributed by atoms with Crippen LogP contribution in [0.2, 0.25) is 0 Å². The first-order valence-electron chi connectivity index (χ1n) is 16.9. The Hall–Kier alpha value is -4.25. The van der Waals surface area contributed by atoms with Gasteiger partial charge in [0.05, 0.1) is 24.3 Å². The summed E-state index contributed by atoms with van der Waals surface area (Å²) in [6, 6.07) is 6.56. The maximum atomic E-state index is 14.9. The molecule has 4 atom stereocenters. The molecular formula is C35H37F2N7O4. The zero-order chi connectivity index (χ0) is 32.6. The summed E-state index contributed by atoms with van der Waals surface area (Å²) in [7, 11) is 0. The van der Waals surface area contributed by atoms with E-state index in [1.807, 2.05) is 4.57 Å². The Morgan fingerprint density at radius 1 is 1.10 bits per heavy atom. The molecular weight excluding hydrogens is 620 g/mol. The van der Waals surface area contributed by atoms with Crippen molar-refractivity contribution in [2.24, 2.45) is 0 Å². The lowest BCUT2D eigenvalue weighted by molar-refractivity contribution is 0.0374. The minimum atomic E-state index is -0.870. The van der Waals surface area contributed by atoms with Crippen LogP contribution in [0.3, 0.4) is 0 Å². The van der Waals surface area contributed by atoms with Gasteiger partial charge in [-0.05, 0) is 56.2 Å². The highest BCUT2D eigenvalue weighted by Gasteiger charge is 2.49. The molecule has 3 unspecified atom stereocenters. The lowest BCUT2D eigenvalue weighted by Gasteiger charge is -2.43. The average molecular weight is 658 g/mol. The van der Waals surface area contributed by atoms with E-state index in [1.165, 1.54) is 18.2 Å². The molecule has 1 aliphatic carbocycles. The first-order valence-corrected chi connectivity index (χ1v) is 16.9. The van der Waals surface area contributed by atoms with Crippen LogP contribution in [0.1, 0.15) is 50.1 Å². The maximum absolute atomic E-state index is 14.9. The van der Waals surface area contributed by atoms with E-state index in [9.17, 15) is 13.9 Å². The summed E-state index contributed by atoms with van der Waals surface area (Å²) in [6.45, 7) is 4.12. The number of hydrogen-bond donors (Lipinski definition) is 2. The van der Waals surface area contributed by atoms with E-state index < -0.39 is 12.0 Å². The molecule has 48 heavy (non-hydrogen) atoms. The van der Waals surface area contributed by atoms with Gasteiger partial charge < -0.3 is 29.5 Å². The number of hydrogen-bond acceptors (Lipinski definition) is 10. The van der Waals surface area contributed by atoms with Crippen molar-refractivity contribution in [1.29, 1.82) is 0 Å². The summed E-state index contributed by atoms with van der Waals surface area (Å²) in [5.74, 6) is 2.72. The Kier molecular flexibility index (Phi) is 7.11. The highest BCUT2D eigenvalue weighted by Crippen LogP contribution is 2.45. The Labute approximate surface area is 276 Å². The van der Waals surface area contributed by atoms with Gasteiger partial charge >= 0.3 is 12.0 Å². The number of phenolic OH excluding ortho intramolecular Hbond substituents is 1. The third-order valence-corrected chi connectivity index (χ3v) is 10.8. The Balaban J connectivity index is 1.17. The average Bonchev–Trinajstić information content (AvgIpc) is 3.68. The van der Waals surface area contributed by atoms with Crippen LogP contribution in [-0.4, -0.2) is 99.3 Å². The molecule has 0 radical (unpaired) electrons. The fourth-order valence-electron chi connectivity index (χ4n) is 8.41. The number of piperazine rings is 1. The van der Waals surface area contributed by atoms with Gasteiger partial charge in [0.1, 0.15) is 35.6 Å². The zero-order valence-electron chi connectivity index (χ0n) is 26.5. The molecule has 2 bridgehead atoms. The van der Waals surface area contributed by atoms with Crippen molar-refractivity contribution in [3.8, 4) is 35.9 Å². The summed E-state index contributed by atoms with van der Waals surface area (Å²) in [5, 5.41) is 15.2. The summed E-state index contributed by atoms with van der Waals surface area (Å²) in [5.41, 5.74) is 0.810. The molecule has 4 aromatic rings. The predicted molar refractivity (Wildman–Crippen MR) is 174 cm³/mol. The van der Waals surface area contributed by atoms with Gasteiger partial charge in [-0.15, -0.1) is 6.42 Å². The lowest BCUT2D eigenvalue weighted by Crippen LogP contribution is -2.63. The molecule has 2 aromatic heterocycles. The molecule has 13 heteroatoms. The SMILES string of the molecule is C#Cc1c(F)ccc2cc(O)cc(Oc3nc4nc(OC[C@@]56CCCN5CC(F)C6)nc(N5CC6COCC(C5)N6)c4n3C3CCC3)c12. The van der Waals surface area contributed by atoms with Crippen LogP contribution in [-0.2, 0) is 4.74 Å². The number of halogens is 2. The third kappa shape index (κ3) is 4.92. The number of ether oxygens (including phenoxy) is 3. The van der Waals surface area contributed by atoms with Gasteiger partial charge in [-0.1, -0.05) is 12.0 Å². The number of rotatable bonds is 7. The van der Waals surface area contributed by atoms with Crippen LogP contribution in [0, 0.1) is 18.2 Å². The van der Waals surface area contributed by atoms with Crippen molar-refractivity contribution in [3.63, 3.8) is 0 Å². The highest BCUT2D eigenvalue weighted by atomic mass is 19.1. The Morgan fingerprint density at radius 3 is 2.71 bits per heavy atom. The molecule has 4 saturated heterocycles. The molecule has 2 N–H and O–H groups in total. The summed E-state index contributed by atoms with van der Waals surface area (Å²) in [6.07, 6.45) is 10.1. The number of morpholine rings is 1. The number of anilines is 1. The number of benzene rings is 2. The van der Waals surface area contributed by atoms with E-state index in [1.54, 1.807) is 6.07 Å². The normalized spacial score (nSPS) is 27.3. The number of terminal acetylenes is 1. The summed E-state index contributed by atoms with van der Waals surface area (Å²) in [4.78, 5) is 19.2. The zero-order valence-corrected chi connectivity index (χ0v) is 26.5. The quantitative estimate of drug-likeness (QED) is 0.277. The van der Waals surface area contributed by atoms with Crippen molar-refractivity contribution in [3.05, 3.63) is 35.6 Å². The standard InChI is InChI=1S/C35H37F2N7O4/c1-2-26-27(37)8-7-20-11-25(45)12-28(29(20)26)48-34-40-31-30(44(34)24-5-3-6-24)32(42-15-22-17-46-18-23(16-42)38-22)41-33(39-31)47-19-35-9-4-10-43(35)14-21(36)13-35/h1,7-8,11-12,21-24,38,45H,3-6,9-10,13-19H2/t21?,22?,23?,35-/m0/s1. The fourth-order valence-corrected chi connectivity index (χ4v) is 8.41. The van der Waals surface area contributed by atoms with Crippen LogP contribution in [0.15, 0.2) is 24.3 Å². The van der Waals surface area contributed by atoms with Crippen molar-refractivity contribution in [2.45, 2.75) is 68.4 Å². The number of aromatic hydroxyl groups is 1. The third-order valence-electron chi connectivity index (χ3n) is 10.8. The number of aromatic nitrogens is 4. The van der Waals surface area contributed by atoms with E-state index >= 15 is 0 Å². The van der Waals surface area contributed by atoms with E-state index in [-0.39, 0.29) is 52.7 Å². The molecule has 5 fully saturated rings. The number of nitrogens with one attached hydrogen (secondary N) is 1. The molecule has 1 saturated carbocycles. The molecule has 6 heterocycles. The number of nitrogens with zero attached hydrogens (tertiary/aromatic N) is 6. The van der Waals surface area contributed by atoms with Gasteiger partial charge in [-0.25, -0.2) is 8.78 Å². The Morgan fingerprint density at radius 2 is 1.94 bits per heavy atom. The van der Waals surface area contributed by atoms with E-state index in [0.29, 0.717) is 68.1 Å². The molecule has 9 rings (SSSR count). The van der Waals surface area contributed by atoms with Crippen LogP contribution < -0.4 is 19.7 Å². The van der Waals surface area contributed by atoms with E-state index in [0.717, 1.165) is 44.2 Å². The highest BCUT2D eigenvalue weighted by molar-refractivity contribution is 5.95. The van der Waals surface area contributed by atoms with Crippen LogP contribution in [0.25, 0.3) is 21.9 Å². The lowest BCUT2D eigenvalue weighted by atomic mass is 9.93. The number of alkyl halides is 1. The number of fused-ring (bicyclic) bond motifs is 5. The number of imidazole rings is 1. The molecule has 250 valence electrons. The topological polar surface area (TPSA) is 110 Å². The van der Waals surface area contributed by atoms with Crippen molar-refractivity contribution in [2.75, 3.05) is 50.9 Å². The first-order chi connectivity index (χ1) is 23.4. The van der Waals surface area contributed by atoms with Gasteiger partial charge in [-0.3, -0.25) is 9.47 Å². The molecule has 11 nitrogen and oxygen atoms in total. The Bertz CT molecular complexity index is 1950. The molecule has 4 aliphatic heterocycles. The monoisotopic (exact) mass is 657 g/mol. The first kappa shape index (κ1) is 29.9. The van der Waals surface area contributed by atoms with Gasteiger partial charge in [-0.2, -0.15) is 15.0 Å². The van der Waals surface area contributed by atoms with Gasteiger partial charge in [0.25, 0.3) is 0 Å². The minimum Gasteiger partial charge on any atom is -0.508 e. The second-order valence-corrected chi connectivity index (χ2v) is 13.9. The second kappa shape index (κ2) is 11.4.